The third kappa shape index (κ3) is 2.65. The van der Waals surface area contributed by atoms with Gasteiger partial charge in [0.05, 0.1) is 11.3 Å². The first kappa shape index (κ1) is 12.9. The van der Waals surface area contributed by atoms with Gasteiger partial charge in [0, 0.05) is 11.9 Å². The highest BCUT2D eigenvalue weighted by molar-refractivity contribution is 5.96. The third-order valence-corrected chi connectivity index (χ3v) is 2.86. The standard InChI is InChI=1S/C14H15N3O2/c1-8-3-4-11(9(2)7-8)17-13-12(15)10(14(18)19)5-6-16-13/h3-7H,15H2,1-2H3,(H,16,17)(H,18,19). The molecule has 98 valence electrons. The average molecular weight is 257 g/mol. The van der Waals surface area contributed by atoms with E-state index in [1.165, 1.54) is 12.3 Å². The second kappa shape index (κ2) is 4.97. The molecule has 0 atom stereocenters. The number of nitrogens with zero attached hydrogens (tertiary/aromatic N) is 1. The van der Waals surface area contributed by atoms with Gasteiger partial charge in [-0.15, -0.1) is 0 Å². The van der Waals surface area contributed by atoms with E-state index in [9.17, 15) is 4.79 Å². The molecular weight excluding hydrogens is 242 g/mol. The lowest BCUT2D eigenvalue weighted by molar-refractivity contribution is 0.0698. The first-order chi connectivity index (χ1) is 8.99. The van der Waals surface area contributed by atoms with Crippen molar-refractivity contribution in [3.8, 4) is 0 Å². The van der Waals surface area contributed by atoms with E-state index >= 15 is 0 Å². The molecule has 5 nitrogen and oxygen atoms in total. The van der Waals surface area contributed by atoms with Gasteiger partial charge in [-0.1, -0.05) is 17.7 Å². The summed E-state index contributed by atoms with van der Waals surface area (Å²) < 4.78 is 0. The predicted molar refractivity (Wildman–Crippen MR) is 74.8 cm³/mol. The minimum absolute atomic E-state index is 0.0438. The van der Waals surface area contributed by atoms with Crippen molar-refractivity contribution in [1.82, 2.24) is 4.98 Å². The zero-order valence-electron chi connectivity index (χ0n) is 10.8. The van der Waals surface area contributed by atoms with Gasteiger partial charge in [-0.05, 0) is 31.5 Å². The number of rotatable bonds is 3. The Morgan fingerprint density at radius 1 is 1.32 bits per heavy atom. The smallest absolute Gasteiger partial charge is 0.337 e. The fraction of sp³-hybridized carbons (Fsp3) is 0.143. The van der Waals surface area contributed by atoms with E-state index in [2.05, 4.69) is 10.3 Å². The highest BCUT2D eigenvalue weighted by Crippen LogP contribution is 2.26. The van der Waals surface area contributed by atoms with E-state index in [1.807, 2.05) is 32.0 Å². The molecule has 1 aromatic heterocycles. The zero-order chi connectivity index (χ0) is 14.0. The molecule has 0 radical (unpaired) electrons. The molecule has 0 saturated carbocycles. The summed E-state index contributed by atoms with van der Waals surface area (Å²) >= 11 is 0. The third-order valence-electron chi connectivity index (χ3n) is 2.86. The molecule has 1 aromatic carbocycles. The second-order valence-electron chi connectivity index (χ2n) is 4.37. The molecule has 2 rings (SSSR count). The van der Waals surface area contributed by atoms with Crippen LogP contribution in [0.25, 0.3) is 0 Å². The number of aromatic nitrogens is 1. The van der Waals surface area contributed by atoms with Crippen molar-refractivity contribution in [3.05, 3.63) is 47.2 Å². The number of nitrogen functional groups attached to an aromatic ring is 1. The molecule has 0 aliphatic rings. The van der Waals surface area contributed by atoms with Crippen LogP contribution in [0, 0.1) is 13.8 Å². The lowest BCUT2D eigenvalue weighted by Gasteiger charge is -2.12. The summed E-state index contributed by atoms with van der Waals surface area (Å²) in [4.78, 5) is 15.1. The van der Waals surface area contributed by atoms with E-state index in [1.54, 1.807) is 0 Å². The van der Waals surface area contributed by atoms with Crippen LogP contribution in [-0.2, 0) is 0 Å². The summed E-state index contributed by atoms with van der Waals surface area (Å²) in [7, 11) is 0. The molecule has 2 aromatic rings. The van der Waals surface area contributed by atoms with E-state index in [0.29, 0.717) is 5.82 Å². The lowest BCUT2D eigenvalue weighted by atomic mass is 10.1. The molecule has 0 unspecified atom stereocenters. The van der Waals surface area contributed by atoms with Gasteiger partial charge in [-0.2, -0.15) is 0 Å². The molecule has 0 saturated heterocycles. The molecular formula is C14H15N3O2. The lowest BCUT2D eigenvalue weighted by Crippen LogP contribution is -2.07. The maximum Gasteiger partial charge on any atom is 0.337 e. The quantitative estimate of drug-likeness (QED) is 0.786. The zero-order valence-corrected chi connectivity index (χ0v) is 10.8. The van der Waals surface area contributed by atoms with E-state index in [-0.39, 0.29) is 11.3 Å². The first-order valence-electron chi connectivity index (χ1n) is 5.81. The summed E-state index contributed by atoms with van der Waals surface area (Å²) in [6.07, 6.45) is 1.42. The number of carboxylic acid groups (broad SMARTS) is 1. The van der Waals surface area contributed by atoms with Gasteiger partial charge < -0.3 is 16.2 Å². The second-order valence-corrected chi connectivity index (χ2v) is 4.37. The highest BCUT2D eigenvalue weighted by Gasteiger charge is 2.12. The normalized spacial score (nSPS) is 10.2. The van der Waals surface area contributed by atoms with Gasteiger partial charge in [0.1, 0.15) is 0 Å². The summed E-state index contributed by atoms with van der Waals surface area (Å²) in [5.41, 5.74) is 9.04. The number of carboxylic acids is 1. The van der Waals surface area contributed by atoms with Crippen LogP contribution in [0.5, 0.6) is 0 Å². The molecule has 0 aliphatic carbocycles. The maximum atomic E-state index is 11.0. The monoisotopic (exact) mass is 257 g/mol. The van der Waals surface area contributed by atoms with Crippen LogP contribution in [0.3, 0.4) is 0 Å². The van der Waals surface area contributed by atoms with Crippen molar-refractivity contribution < 1.29 is 9.90 Å². The Kier molecular flexibility index (Phi) is 3.37. The number of hydrogen-bond acceptors (Lipinski definition) is 4. The molecule has 0 amide bonds. The molecule has 0 spiro atoms. The van der Waals surface area contributed by atoms with Gasteiger partial charge in [-0.3, -0.25) is 0 Å². The molecule has 4 N–H and O–H groups in total. The van der Waals surface area contributed by atoms with Gasteiger partial charge in [-0.25, -0.2) is 9.78 Å². The van der Waals surface area contributed by atoms with Crippen LogP contribution in [0.4, 0.5) is 17.2 Å². The van der Waals surface area contributed by atoms with Crippen molar-refractivity contribution in [3.63, 3.8) is 0 Å². The number of benzene rings is 1. The summed E-state index contributed by atoms with van der Waals surface area (Å²) in [6, 6.07) is 7.29. The number of nitrogens with one attached hydrogen (secondary N) is 1. The van der Waals surface area contributed by atoms with E-state index < -0.39 is 5.97 Å². The van der Waals surface area contributed by atoms with Gasteiger partial charge >= 0.3 is 5.97 Å². The number of aromatic carboxylic acids is 1. The van der Waals surface area contributed by atoms with Crippen molar-refractivity contribution in [2.24, 2.45) is 0 Å². The average Bonchev–Trinajstić information content (AvgIpc) is 2.34. The van der Waals surface area contributed by atoms with Gasteiger partial charge in [0.15, 0.2) is 5.82 Å². The molecule has 19 heavy (non-hydrogen) atoms. The van der Waals surface area contributed by atoms with Crippen LogP contribution in [0.2, 0.25) is 0 Å². The number of nitrogens with two attached hydrogens (primary N) is 1. The van der Waals surface area contributed by atoms with Crippen LogP contribution >= 0.6 is 0 Å². The number of pyridine rings is 1. The SMILES string of the molecule is Cc1ccc(Nc2nccc(C(=O)O)c2N)c(C)c1. The summed E-state index contributed by atoms with van der Waals surface area (Å²) in [5, 5.41) is 12.1. The largest absolute Gasteiger partial charge is 0.478 e. The molecule has 5 heteroatoms. The van der Waals surface area contributed by atoms with E-state index in [0.717, 1.165) is 16.8 Å². The van der Waals surface area contributed by atoms with Crippen LogP contribution < -0.4 is 11.1 Å². The Morgan fingerprint density at radius 3 is 2.68 bits per heavy atom. The first-order valence-corrected chi connectivity index (χ1v) is 5.81. The fourth-order valence-electron chi connectivity index (χ4n) is 1.84. The molecule has 0 aliphatic heterocycles. The Hall–Kier alpha value is -2.56. The Balaban J connectivity index is 2.38. The van der Waals surface area contributed by atoms with Gasteiger partial charge in [0.2, 0.25) is 0 Å². The number of carbonyl (C=O) groups is 1. The van der Waals surface area contributed by atoms with E-state index in [4.69, 9.17) is 10.8 Å². The van der Waals surface area contributed by atoms with Crippen LogP contribution in [-0.4, -0.2) is 16.1 Å². The predicted octanol–water partition coefficient (Wildman–Crippen LogP) is 2.72. The van der Waals surface area contributed by atoms with Crippen molar-refractivity contribution in [2.75, 3.05) is 11.1 Å². The number of hydrogen-bond donors (Lipinski definition) is 3. The van der Waals surface area contributed by atoms with Crippen LogP contribution in [0.1, 0.15) is 21.5 Å². The maximum absolute atomic E-state index is 11.0. The Bertz CT molecular complexity index is 639. The van der Waals surface area contributed by atoms with Crippen molar-refractivity contribution in [1.29, 1.82) is 0 Å². The minimum atomic E-state index is -1.07. The highest BCUT2D eigenvalue weighted by atomic mass is 16.4. The van der Waals surface area contributed by atoms with Gasteiger partial charge in [0.25, 0.3) is 0 Å². The van der Waals surface area contributed by atoms with Crippen LogP contribution in [0.15, 0.2) is 30.5 Å². The fourth-order valence-corrected chi connectivity index (χ4v) is 1.84. The van der Waals surface area contributed by atoms with Crippen molar-refractivity contribution >= 4 is 23.2 Å². The molecule has 1 heterocycles. The Morgan fingerprint density at radius 2 is 2.05 bits per heavy atom. The molecule has 0 fully saturated rings. The topological polar surface area (TPSA) is 88.2 Å². The number of aryl methyl sites for hydroxylation is 2. The van der Waals surface area contributed by atoms with Crippen molar-refractivity contribution in [2.45, 2.75) is 13.8 Å². The minimum Gasteiger partial charge on any atom is -0.478 e. The summed E-state index contributed by atoms with van der Waals surface area (Å²) in [6.45, 7) is 3.97. The summed E-state index contributed by atoms with van der Waals surface area (Å²) in [5.74, 6) is -0.713. The number of anilines is 3. The molecule has 0 bridgehead atoms. The Labute approximate surface area is 111 Å².